The Labute approximate surface area is 193 Å². The van der Waals surface area contributed by atoms with E-state index in [0.717, 1.165) is 35.1 Å². The second-order valence-electron chi connectivity index (χ2n) is 7.84. The Bertz CT molecular complexity index is 1210. The Morgan fingerprint density at radius 3 is 2.52 bits per heavy atom. The summed E-state index contributed by atoms with van der Waals surface area (Å²) in [4.78, 5) is 28.1. The lowest BCUT2D eigenvalue weighted by atomic mass is 10.0. The minimum Gasteiger partial charge on any atom is -0.497 e. The van der Waals surface area contributed by atoms with Crippen molar-refractivity contribution >= 4 is 22.6 Å². The Kier molecular flexibility index (Phi) is 6.50. The lowest BCUT2D eigenvalue weighted by Crippen LogP contribution is -2.45. The first-order chi connectivity index (χ1) is 16.0. The number of benzene rings is 1. The molecule has 170 valence electrons. The van der Waals surface area contributed by atoms with Crippen molar-refractivity contribution in [2.45, 2.75) is 18.9 Å². The van der Waals surface area contributed by atoms with Crippen molar-refractivity contribution in [1.82, 2.24) is 19.9 Å². The third-order valence-electron chi connectivity index (χ3n) is 6.00. The molecule has 33 heavy (non-hydrogen) atoms. The van der Waals surface area contributed by atoms with Crippen molar-refractivity contribution in [3.8, 4) is 23.3 Å². The predicted octanol–water partition coefficient (Wildman–Crippen LogP) is 2.99. The molecule has 4 rings (SSSR count). The quantitative estimate of drug-likeness (QED) is 0.480. The fourth-order valence-corrected chi connectivity index (χ4v) is 4.13. The van der Waals surface area contributed by atoms with Crippen molar-refractivity contribution in [1.29, 1.82) is 0 Å². The zero-order valence-electron chi connectivity index (χ0n) is 19.1. The molecule has 0 atom stereocenters. The summed E-state index contributed by atoms with van der Waals surface area (Å²) in [6.45, 7) is 5.01. The van der Waals surface area contributed by atoms with Gasteiger partial charge in [-0.05, 0) is 37.0 Å². The molecule has 0 unspecified atom stereocenters. The molecule has 0 spiro atoms. The fourth-order valence-electron chi connectivity index (χ4n) is 4.13. The number of fused-ring (bicyclic) bond motifs is 1. The van der Waals surface area contributed by atoms with E-state index in [1.165, 1.54) is 12.4 Å². The minimum absolute atomic E-state index is 0.0108. The van der Waals surface area contributed by atoms with Crippen LogP contribution in [0.4, 0.5) is 5.69 Å². The second kappa shape index (κ2) is 9.65. The summed E-state index contributed by atoms with van der Waals surface area (Å²) < 4.78 is 10.7. The van der Waals surface area contributed by atoms with Crippen molar-refractivity contribution < 1.29 is 14.3 Å². The highest BCUT2D eigenvalue weighted by molar-refractivity contribution is 5.94. The van der Waals surface area contributed by atoms with Gasteiger partial charge in [-0.1, -0.05) is 12.5 Å². The highest BCUT2D eigenvalue weighted by Crippen LogP contribution is 2.30. The van der Waals surface area contributed by atoms with Crippen LogP contribution in [0, 0.1) is 11.8 Å². The van der Waals surface area contributed by atoms with Gasteiger partial charge >= 0.3 is 0 Å². The standard InChI is InChI=1S/C25H27N5O3/c1-5-23(31)30-10-8-18(9-11-30)29(2)22-15-26-25-24(22)21(27-16-28-25)7-6-17-12-19(32-3)14-20(13-17)33-4/h5,12-16,18H,1,8-11H2,2-4H3,(H,26,27,28). The monoisotopic (exact) mass is 445 g/mol. The second-order valence-corrected chi connectivity index (χ2v) is 7.84. The Morgan fingerprint density at radius 1 is 1.18 bits per heavy atom. The first-order valence-electron chi connectivity index (χ1n) is 10.8. The number of H-pyrrole nitrogens is 1. The molecule has 0 bridgehead atoms. The van der Waals surface area contributed by atoms with Gasteiger partial charge in [0.05, 0.1) is 25.3 Å². The van der Waals surface area contributed by atoms with Gasteiger partial charge in [0.15, 0.2) is 0 Å². The summed E-state index contributed by atoms with van der Waals surface area (Å²) in [5.41, 5.74) is 3.14. The maximum atomic E-state index is 11.9. The molecule has 8 heteroatoms. The fraction of sp³-hybridized carbons (Fsp3) is 0.320. The van der Waals surface area contributed by atoms with Crippen LogP contribution in [-0.2, 0) is 4.79 Å². The average Bonchev–Trinajstić information content (AvgIpc) is 3.31. The molecule has 1 N–H and O–H groups in total. The zero-order chi connectivity index (χ0) is 23.4. The van der Waals surface area contributed by atoms with E-state index in [9.17, 15) is 4.79 Å². The van der Waals surface area contributed by atoms with Gasteiger partial charge in [0, 0.05) is 44.0 Å². The number of nitrogens with one attached hydrogen (secondary N) is 1. The first-order valence-corrected chi connectivity index (χ1v) is 10.8. The average molecular weight is 446 g/mol. The number of aromatic amines is 1. The lowest BCUT2D eigenvalue weighted by Gasteiger charge is -2.37. The maximum Gasteiger partial charge on any atom is 0.245 e. The zero-order valence-corrected chi connectivity index (χ0v) is 19.1. The molecule has 1 fully saturated rings. The van der Waals surface area contributed by atoms with Crippen molar-refractivity contribution in [3.63, 3.8) is 0 Å². The number of hydrogen-bond acceptors (Lipinski definition) is 6. The third kappa shape index (κ3) is 4.62. The first kappa shape index (κ1) is 22.2. The van der Waals surface area contributed by atoms with Gasteiger partial charge in [-0.15, -0.1) is 0 Å². The largest absolute Gasteiger partial charge is 0.497 e. The third-order valence-corrected chi connectivity index (χ3v) is 6.00. The molecule has 1 aliphatic heterocycles. The van der Waals surface area contributed by atoms with Crippen LogP contribution in [0.1, 0.15) is 24.1 Å². The Morgan fingerprint density at radius 2 is 1.88 bits per heavy atom. The van der Waals surface area contributed by atoms with Crippen LogP contribution in [0.5, 0.6) is 11.5 Å². The van der Waals surface area contributed by atoms with E-state index in [1.807, 2.05) is 23.2 Å². The van der Waals surface area contributed by atoms with Crippen molar-refractivity contribution in [2.75, 3.05) is 39.3 Å². The number of amides is 1. The van der Waals surface area contributed by atoms with E-state index in [2.05, 4.69) is 45.3 Å². The van der Waals surface area contributed by atoms with Gasteiger partial charge in [-0.2, -0.15) is 0 Å². The Balaban J connectivity index is 1.63. The molecule has 3 aromatic rings. The number of aromatic nitrogens is 3. The number of ether oxygens (including phenoxy) is 2. The van der Waals surface area contributed by atoms with E-state index < -0.39 is 0 Å². The Hall–Kier alpha value is -3.99. The summed E-state index contributed by atoms with van der Waals surface area (Å²) >= 11 is 0. The van der Waals surface area contributed by atoms with E-state index >= 15 is 0 Å². The van der Waals surface area contributed by atoms with E-state index in [4.69, 9.17) is 9.47 Å². The predicted molar refractivity (Wildman–Crippen MR) is 128 cm³/mol. The molecular formula is C25H27N5O3. The number of hydrogen-bond donors (Lipinski definition) is 1. The molecule has 0 saturated carbocycles. The minimum atomic E-state index is -0.0108. The summed E-state index contributed by atoms with van der Waals surface area (Å²) in [5, 5.41) is 0.881. The highest BCUT2D eigenvalue weighted by atomic mass is 16.5. The molecule has 1 aliphatic rings. The van der Waals surface area contributed by atoms with Crippen molar-refractivity contribution in [2.24, 2.45) is 0 Å². The van der Waals surface area contributed by atoms with Gasteiger partial charge in [0.25, 0.3) is 0 Å². The van der Waals surface area contributed by atoms with Gasteiger partial charge in [-0.3, -0.25) is 4.79 Å². The van der Waals surface area contributed by atoms with Crippen molar-refractivity contribution in [3.05, 3.63) is 54.6 Å². The summed E-state index contributed by atoms with van der Waals surface area (Å²) in [5.74, 6) is 7.71. The van der Waals surface area contributed by atoms with Crippen LogP contribution >= 0.6 is 0 Å². The van der Waals surface area contributed by atoms with Gasteiger partial charge in [0.1, 0.15) is 29.2 Å². The lowest BCUT2D eigenvalue weighted by molar-refractivity contribution is -0.126. The molecular weight excluding hydrogens is 418 g/mol. The number of carbonyl (C=O) groups is 1. The molecule has 1 saturated heterocycles. The van der Waals surface area contributed by atoms with Crippen LogP contribution in [-0.4, -0.2) is 66.2 Å². The van der Waals surface area contributed by atoms with E-state index in [0.29, 0.717) is 36.3 Å². The van der Waals surface area contributed by atoms with Crippen LogP contribution < -0.4 is 14.4 Å². The molecule has 1 amide bonds. The summed E-state index contributed by atoms with van der Waals surface area (Å²) in [7, 11) is 5.29. The smallest absolute Gasteiger partial charge is 0.245 e. The number of nitrogens with zero attached hydrogens (tertiary/aromatic N) is 4. The number of piperidine rings is 1. The number of methoxy groups -OCH3 is 2. The molecule has 0 radical (unpaired) electrons. The van der Waals surface area contributed by atoms with E-state index in [-0.39, 0.29) is 5.91 Å². The van der Waals surface area contributed by atoms with Crippen LogP contribution in [0.25, 0.3) is 11.0 Å². The number of carbonyl (C=O) groups excluding carboxylic acids is 1. The summed E-state index contributed by atoms with van der Waals surface area (Å²) in [6, 6.07) is 5.81. The molecule has 2 aromatic heterocycles. The molecule has 8 nitrogen and oxygen atoms in total. The number of likely N-dealkylation sites (tertiary alicyclic amines) is 1. The molecule has 3 heterocycles. The van der Waals surface area contributed by atoms with Crippen LogP contribution in [0.2, 0.25) is 0 Å². The summed E-state index contributed by atoms with van der Waals surface area (Å²) in [6.07, 6.45) is 6.59. The number of anilines is 1. The molecule has 1 aromatic carbocycles. The maximum absolute atomic E-state index is 11.9. The van der Waals surface area contributed by atoms with Crippen LogP contribution in [0.15, 0.2) is 43.4 Å². The normalized spacial score (nSPS) is 13.8. The topological polar surface area (TPSA) is 83.6 Å². The highest BCUT2D eigenvalue weighted by Gasteiger charge is 2.26. The van der Waals surface area contributed by atoms with Gasteiger partial charge in [-0.25, -0.2) is 9.97 Å². The number of rotatable bonds is 5. The van der Waals surface area contributed by atoms with E-state index in [1.54, 1.807) is 20.3 Å². The SMILES string of the molecule is C=CC(=O)N1CCC(N(C)c2c[nH]c3ncnc(C#Cc4cc(OC)cc(OC)c4)c23)CC1. The van der Waals surface area contributed by atoms with Crippen LogP contribution in [0.3, 0.4) is 0 Å². The van der Waals surface area contributed by atoms with Gasteiger partial charge in [0.2, 0.25) is 5.91 Å². The van der Waals surface area contributed by atoms with Gasteiger partial charge < -0.3 is 24.3 Å². The molecule has 0 aliphatic carbocycles.